The Hall–Kier alpha value is -3.81. The number of aromatic nitrogens is 1. The molecule has 1 heterocycles. The van der Waals surface area contributed by atoms with Crippen LogP contribution in [0.3, 0.4) is 0 Å². The average Bonchev–Trinajstić information content (AvgIpc) is 3.19. The van der Waals surface area contributed by atoms with Crippen molar-refractivity contribution in [1.29, 1.82) is 0 Å². The number of rotatable bonds is 3. The minimum Gasteiger partial charge on any atom is -0.309 e. The number of hydrogen-bond acceptors (Lipinski definition) is 0. The monoisotopic (exact) mass is 429 g/mol. The van der Waals surface area contributed by atoms with Gasteiger partial charge in [0.25, 0.3) is 0 Å². The van der Waals surface area contributed by atoms with Crippen LogP contribution >= 0.6 is 11.6 Å². The molecule has 152 valence electrons. The Bertz CT molecular complexity index is 1510. The van der Waals surface area contributed by atoms with Crippen LogP contribution in [0.4, 0.5) is 0 Å². The van der Waals surface area contributed by atoms with Crippen LogP contribution in [0.5, 0.6) is 0 Å². The molecule has 0 amide bonds. The van der Waals surface area contributed by atoms with Gasteiger partial charge in [-0.2, -0.15) is 0 Å². The second-order valence-electron chi connectivity index (χ2n) is 7.97. The maximum atomic E-state index is 6.22. The summed E-state index contributed by atoms with van der Waals surface area (Å²) < 4.78 is 2.38. The van der Waals surface area contributed by atoms with E-state index in [-0.39, 0.29) is 0 Å². The molecule has 0 saturated heterocycles. The van der Waals surface area contributed by atoms with Crippen LogP contribution in [0.15, 0.2) is 121 Å². The molecule has 0 N–H and O–H groups in total. The van der Waals surface area contributed by atoms with Crippen molar-refractivity contribution in [3.63, 3.8) is 0 Å². The normalized spacial score (nSPS) is 11.3. The smallest absolute Gasteiger partial charge is 0.0541 e. The molecule has 0 aliphatic heterocycles. The molecule has 0 atom stereocenters. The van der Waals surface area contributed by atoms with Gasteiger partial charge >= 0.3 is 0 Å². The first kappa shape index (κ1) is 18.9. The standard InChI is InChI=1S/C30H20ClN/c31-24-17-14-22(15-18-24)27-20-23(21-8-2-1-3-9-21)16-19-30(27)32-28-12-6-4-10-25(28)26-11-5-7-13-29(26)32/h1-20H. The maximum absolute atomic E-state index is 6.22. The number of fused-ring (bicyclic) bond motifs is 3. The summed E-state index contributed by atoms with van der Waals surface area (Å²) >= 11 is 6.22. The van der Waals surface area contributed by atoms with Gasteiger partial charge in [0.15, 0.2) is 0 Å². The molecule has 1 aromatic heterocycles. The molecular formula is C30H20ClN. The van der Waals surface area contributed by atoms with Crippen LogP contribution in [0.25, 0.3) is 49.7 Å². The Labute approximate surface area is 192 Å². The van der Waals surface area contributed by atoms with Crippen molar-refractivity contribution in [1.82, 2.24) is 4.57 Å². The first-order valence-corrected chi connectivity index (χ1v) is 11.1. The molecule has 2 heteroatoms. The van der Waals surface area contributed by atoms with E-state index in [4.69, 9.17) is 11.6 Å². The van der Waals surface area contributed by atoms with E-state index in [0.717, 1.165) is 16.3 Å². The van der Waals surface area contributed by atoms with E-state index in [0.29, 0.717) is 0 Å². The zero-order valence-corrected chi connectivity index (χ0v) is 18.1. The van der Waals surface area contributed by atoms with Gasteiger partial charge in [-0.05, 0) is 53.1 Å². The molecule has 6 rings (SSSR count). The summed E-state index contributed by atoms with van der Waals surface area (Å²) in [6.07, 6.45) is 0. The number of para-hydroxylation sites is 2. The van der Waals surface area contributed by atoms with Crippen molar-refractivity contribution in [2.24, 2.45) is 0 Å². The molecule has 0 unspecified atom stereocenters. The predicted molar refractivity (Wildman–Crippen MR) is 137 cm³/mol. The van der Waals surface area contributed by atoms with Gasteiger partial charge in [0.1, 0.15) is 0 Å². The number of hydrogen-bond donors (Lipinski definition) is 0. The summed E-state index contributed by atoms with van der Waals surface area (Å²) in [6, 6.07) is 42.6. The fraction of sp³-hybridized carbons (Fsp3) is 0. The third-order valence-electron chi connectivity index (χ3n) is 6.08. The SMILES string of the molecule is Clc1ccc(-c2cc(-c3ccccc3)ccc2-n2c3ccccc3c3ccccc32)cc1. The fourth-order valence-electron chi connectivity index (χ4n) is 4.58. The molecule has 6 aromatic rings. The van der Waals surface area contributed by atoms with E-state index < -0.39 is 0 Å². The minimum absolute atomic E-state index is 0.742. The quantitative estimate of drug-likeness (QED) is 0.265. The Morgan fingerprint density at radius 1 is 0.469 bits per heavy atom. The van der Waals surface area contributed by atoms with Crippen molar-refractivity contribution in [2.75, 3.05) is 0 Å². The second-order valence-corrected chi connectivity index (χ2v) is 8.41. The molecule has 5 aromatic carbocycles. The third kappa shape index (κ3) is 3.10. The summed E-state index contributed by atoms with van der Waals surface area (Å²) in [5.41, 5.74) is 8.28. The molecule has 0 spiro atoms. The second kappa shape index (κ2) is 7.71. The highest BCUT2D eigenvalue weighted by molar-refractivity contribution is 6.30. The van der Waals surface area contributed by atoms with E-state index in [1.54, 1.807) is 0 Å². The molecule has 0 saturated carbocycles. The van der Waals surface area contributed by atoms with Gasteiger partial charge < -0.3 is 4.57 Å². The van der Waals surface area contributed by atoms with E-state index in [2.05, 4.69) is 114 Å². The van der Waals surface area contributed by atoms with Gasteiger partial charge in [-0.1, -0.05) is 96.5 Å². The van der Waals surface area contributed by atoms with Crippen molar-refractivity contribution >= 4 is 33.4 Å². The summed E-state index contributed by atoms with van der Waals surface area (Å²) in [7, 11) is 0. The largest absolute Gasteiger partial charge is 0.309 e. The number of halogens is 1. The average molecular weight is 430 g/mol. The van der Waals surface area contributed by atoms with Gasteiger partial charge in [0.05, 0.1) is 16.7 Å². The van der Waals surface area contributed by atoms with E-state index >= 15 is 0 Å². The highest BCUT2D eigenvalue weighted by Crippen LogP contribution is 2.38. The van der Waals surface area contributed by atoms with Crippen LogP contribution in [-0.2, 0) is 0 Å². The summed E-state index contributed by atoms with van der Waals surface area (Å²) in [5, 5.41) is 3.26. The Morgan fingerprint density at radius 2 is 1.03 bits per heavy atom. The molecule has 0 bridgehead atoms. The van der Waals surface area contributed by atoms with E-state index in [9.17, 15) is 0 Å². The molecule has 0 radical (unpaired) electrons. The van der Waals surface area contributed by atoms with Gasteiger partial charge in [0.2, 0.25) is 0 Å². The zero-order valence-electron chi connectivity index (χ0n) is 17.4. The fourth-order valence-corrected chi connectivity index (χ4v) is 4.71. The highest BCUT2D eigenvalue weighted by Gasteiger charge is 2.16. The Kier molecular flexibility index (Phi) is 4.56. The lowest BCUT2D eigenvalue weighted by atomic mass is 9.97. The van der Waals surface area contributed by atoms with Crippen molar-refractivity contribution in [2.45, 2.75) is 0 Å². The first-order chi connectivity index (χ1) is 15.8. The maximum Gasteiger partial charge on any atom is 0.0541 e. The number of benzene rings is 5. The highest BCUT2D eigenvalue weighted by atomic mass is 35.5. The van der Waals surface area contributed by atoms with Crippen LogP contribution < -0.4 is 0 Å². The lowest BCUT2D eigenvalue weighted by molar-refractivity contribution is 1.18. The topological polar surface area (TPSA) is 4.93 Å². The van der Waals surface area contributed by atoms with Crippen molar-refractivity contribution in [3.8, 4) is 27.9 Å². The van der Waals surface area contributed by atoms with E-state index in [1.165, 1.54) is 38.5 Å². The third-order valence-corrected chi connectivity index (χ3v) is 6.33. The Morgan fingerprint density at radius 3 is 1.69 bits per heavy atom. The summed E-state index contributed by atoms with van der Waals surface area (Å²) in [4.78, 5) is 0. The molecule has 0 fully saturated rings. The molecule has 1 nitrogen and oxygen atoms in total. The lowest BCUT2D eigenvalue weighted by Crippen LogP contribution is -1.98. The first-order valence-electron chi connectivity index (χ1n) is 10.7. The predicted octanol–water partition coefficient (Wildman–Crippen LogP) is 8.77. The zero-order chi connectivity index (χ0) is 21.5. The lowest BCUT2D eigenvalue weighted by Gasteiger charge is -2.16. The van der Waals surface area contributed by atoms with Gasteiger partial charge in [-0.15, -0.1) is 0 Å². The van der Waals surface area contributed by atoms with Crippen LogP contribution in [0.2, 0.25) is 5.02 Å². The van der Waals surface area contributed by atoms with Crippen LogP contribution in [-0.4, -0.2) is 4.57 Å². The van der Waals surface area contributed by atoms with Crippen molar-refractivity contribution in [3.05, 3.63) is 126 Å². The molecule has 32 heavy (non-hydrogen) atoms. The molecule has 0 aliphatic rings. The van der Waals surface area contributed by atoms with Gasteiger partial charge in [-0.3, -0.25) is 0 Å². The Balaban J connectivity index is 1.69. The van der Waals surface area contributed by atoms with Gasteiger partial charge in [0, 0.05) is 21.4 Å². The number of nitrogens with zero attached hydrogens (tertiary/aromatic N) is 1. The van der Waals surface area contributed by atoms with Crippen molar-refractivity contribution < 1.29 is 0 Å². The summed E-state index contributed by atoms with van der Waals surface area (Å²) in [6.45, 7) is 0. The minimum atomic E-state index is 0.742. The van der Waals surface area contributed by atoms with E-state index in [1.807, 2.05) is 12.1 Å². The molecule has 0 aliphatic carbocycles. The van der Waals surface area contributed by atoms with Crippen LogP contribution in [0, 0.1) is 0 Å². The van der Waals surface area contributed by atoms with Gasteiger partial charge in [-0.25, -0.2) is 0 Å². The summed E-state index contributed by atoms with van der Waals surface area (Å²) in [5.74, 6) is 0. The van der Waals surface area contributed by atoms with Crippen LogP contribution in [0.1, 0.15) is 0 Å². The molecular weight excluding hydrogens is 410 g/mol.